The van der Waals surface area contributed by atoms with Gasteiger partial charge in [-0.2, -0.15) is 0 Å². The lowest BCUT2D eigenvalue weighted by Gasteiger charge is -2.39. The number of hydrogen-bond acceptors (Lipinski definition) is 4. The lowest BCUT2D eigenvalue weighted by atomic mass is 9.72. The first kappa shape index (κ1) is 25.3. The lowest BCUT2D eigenvalue weighted by molar-refractivity contribution is 0.0773. The second kappa shape index (κ2) is 10.8. The van der Waals surface area contributed by atoms with Crippen molar-refractivity contribution >= 4 is 12.1 Å². The van der Waals surface area contributed by atoms with Crippen molar-refractivity contribution in [2.45, 2.75) is 83.8 Å². The van der Waals surface area contributed by atoms with Crippen molar-refractivity contribution in [2.24, 2.45) is 5.41 Å². The molecule has 0 saturated carbocycles. The molecule has 2 fully saturated rings. The lowest BCUT2D eigenvalue weighted by Crippen LogP contribution is -2.47. The highest BCUT2D eigenvalue weighted by atomic mass is 19.1. The fraction of sp³-hybridized carbons (Fsp3) is 0.846. The largest absolute Gasteiger partial charge is 0.450 e. The van der Waals surface area contributed by atoms with E-state index in [9.17, 15) is 14.0 Å². The van der Waals surface area contributed by atoms with Gasteiger partial charge < -0.3 is 19.4 Å². The van der Waals surface area contributed by atoms with Gasteiger partial charge in [0.1, 0.15) is 6.17 Å². The number of hydrogen-bond donors (Lipinski definition) is 0. The molecule has 192 valence electrons. The van der Waals surface area contributed by atoms with E-state index in [0.29, 0.717) is 38.5 Å². The Morgan fingerprint density at radius 3 is 2.44 bits per heavy atom. The molecule has 8 heteroatoms. The van der Waals surface area contributed by atoms with Crippen LogP contribution in [0.25, 0.3) is 0 Å². The van der Waals surface area contributed by atoms with Gasteiger partial charge in [-0.05, 0) is 77.5 Å². The van der Waals surface area contributed by atoms with Crippen molar-refractivity contribution in [1.29, 1.82) is 0 Å². The molecule has 3 heterocycles. The molecule has 2 unspecified atom stereocenters. The van der Waals surface area contributed by atoms with Crippen molar-refractivity contribution in [3.8, 4) is 0 Å². The zero-order valence-corrected chi connectivity index (χ0v) is 21.4. The third-order valence-electron chi connectivity index (χ3n) is 8.74. The van der Waals surface area contributed by atoms with E-state index in [0.717, 1.165) is 76.9 Å². The number of carbonyl (C=O) groups is 2. The number of piperidine rings is 1. The van der Waals surface area contributed by atoms with Gasteiger partial charge in [-0.1, -0.05) is 6.92 Å². The summed E-state index contributed by atoms with van der Waals surface area (Å²) in [5.74, 6) is 0. The van der Waals surface area contributed by atoms with Gasteiger partial charge in [0.25, 0.3) is 0 Å². The number of carbonyl (C=O) groups excluding carboxylic acids is 2. The van der Waals surface area contributed by atoms with E-state index in [1.54, 1.807) is 4.90 Å². The van der Waals surface area contributed by atoms with E-state index in [4.69, 9.17) is 4.74 Å². The molecule has 0 aromatic rings. The monoisotopic (exact) mass is 478 g/mol. The van der Waals surface area contributed by atoms with Crippen molar-refractivity contribution in [1.82, 2.24) is 19.6 Å². The minimum absolute atomic E-state index is 0.130. The predicted octanol–water partition coefficient (Wildman–Crippen LogP) is 4.63. The van der Waals surface area contributed by atoms with Crippen LogP contribution in [0.3, 0.4) is 0 Å². The molecule has 3 aliphatic heterocycles. The topological polar surface area (TPSA) is 56.3 Å². The van der Waals surface area contributed by atoms with E-state index < -0.39 is 6.17 Å². The summed E-state index contributed by atoms with van der Waals surface area (Å²) >= 11 is 0. The van der Waals surface area contributed by atoms with Crippen LogP contribution < -0.4 is 0 Å². The predicted molar refractivity (Wildman–Crippen MR) is 130 cm³/mol. The molecule has 4 aliphatic rings. The Balaban J connectivity index is 1.41. The van der Waals surface area contributed by atoms with Crippen LogP contribution in [-0.2, 0) is 4.74 Å². The number of halogens is 1. The summed E-state index contributed by atoms with van der Waals surface area (Å²) in [5, 5.41) is 0. The summed E-state index contributed by atoms with van der Waals surface area (Å²) < 4.78 is 19.7. The highest BCUT2D eigenvalue weighted by Gasteiger charge is 2.48. The molecule has 34 heavy (non-hydrogen) atoms. The van der Waals surface area contributed by atoms with Crippen LogP contribution in [0.2, 0.25) is 0 Å². The number of urea groups is 1. The van der Waals surface area contributed by atoms with Gasteiger partial charge >= 0.3 is 12.1 Å². The van der Waals surface area contributed by atoms with E-state index in [2.05, 4.69) is 18.9 Å². The molecule has 7 nitrogen and oxygen atoms in total. The quantitative estimate of drug-likeness (QED) is 0.558. The summed E-state index contributed by atoms with van der Waals surface area (Å²) in [7, 11) is 2.17. The number of allylic oxidation sites excluding steroid dienone is 1. The first-order valence-corrected chi connectivity index (χ1v) is 13.4. The SMILES string of the molecule is CCOC(=O)N1CCC(N(C)CCC2(CC)CN(C(=O)N3CCCC3)C3=C2CC(F)CC3)CC1. The number of amides is 3. The highest BCUT2D eigenvalue weighted by molar-refractivity contribution is 5.78. The highest BCUT2D eigenvalue weighted by Crippen LogP contribution is 2.51. The number of nitrogens with zero attached hydrogens (tertiary/aromatic N) is 4. The first-order valence-electron chi connectivity index (χ1n) is 13.4. The summed E-state index contributed by atoms with van der Waals surface area (Å²) in [6.07, 6.45) is 6.59. The van der Waals surface area contributed by atoms with Crippen LogP contribution in [0.4, 0.5) is 14.0 Å². The third-order valence-corrected chi connectivity index (χ3v) is 8.74. The van der Waals surface area contributed by atoms with Gasteiger partial charge in [-0.25, -0.2) is 14.0 Å². The van der Waals surface area contributed by atoms with Crippen LogP contribution >= 0.6 is 0 Å². The number of rotatable bonds is 6. The number of likely N-dealkylation sites (tertiary alicyclic amines) is 2. The third kappa shape index (κ3) is 5.07. The minimum Gasteiger partial charge on any atom is -0.450 e. The summed E-state index contributed by atoms with van der Waals surface area (Å²) in [5.41, 5.74) is 2.21. The van der Waals surface area contributed by atoms with E-state index in [1.165, 1.54) is 5.57 Å². The maximum absolute atomic E-state index is 14.6. The Labute approximate surface area is 204 Å². The van der Waals surface area contributed by atoms with Gasteiger partial charge in [-0.3, -0.25) is 4.90 Å². The maximum atomic E-state index is 14.6. The first-order chi connectivity index (χ1) is 16.4. The molecule has 0 spiro atoms. The van der Waals surface area contributed by atoms with Crippen LogP contribution in [-0.4, -0.2) is 96.9 Å². The molecule has 2 saturated heterocycles. The Morgan fingerprint density at radius 2 is 1.79 bits per heavy atom. The van der Waals surface area contributed by atoms with Gasteiger partial charge in [0.2, 0.25) is 0 Å². The molecular formula is C26H43FN4O3. The smallest absolute Gasteiger partial charge is 0.409 e. The van der Waals surface area contributed by atoms with Crippen molar-refractivity contribution in [2.75, 3.05) is 52.9 Å². The zero-order chi connectivity index (χ0) is 24.3. The molecule has 0 N–H and O–H groups in total. The van der Waals surface area contributed by atoms with Crippen LogP contribution in [0, 0.1) is 5.41 Å². The number of ether oxygens (including phenoxy) is 1. The normalized spacial score (nSPS) is 28.1. The van der Waals surface area contributed by atoms with Crippen LogP contribution in [0.5, 0.6) is 0 Å². The van der Waals surface area contributed by atoms with E-state index in [-0.39, 0.29) is 17.5 Å². The van der Waals surface area contributed by atoms with Crippen molar-refractivity contribution in [3.63, 3.8) is 0 Å². The van der Waals surface area contributed by atoms with E-state index in [1.807, 2.05) is 16.7 Å². The van der Waals surface area contributed by atoms with Gasteiger partial charge in [-0.15, -0.1) is 0 Å². The van der Waals surface area contributed by atoms with E-state index >= 15 is 0 Å². The van der Waals surface area contributed by atoms with Gasteiger partial charge in [0.15, 0.2) is 0 Å². The Bertz CT molecular complexity index is 776. The Kier molecular flexibility index (Phi) is 8.05. The minimum atomic E-state index is -0.795. The molecule has 2 atom stereocenters. The molecular weight excluding hydrogens is 435 g/mol. The Morgan fingerprint density at radius 1 is 1.09 bits per heavy atom. The second-order valence-corrected chi connectivity index (χ2v) is 10.6. The molecule has 0 aromatic heterocycles. The Hall–Kier alpha value is -1.83. The zero-order valence-electron chi connectivity index (χ0n) is 21.4. The summed E-state index contributed by atoms with van der Waals surface area (Å²) in [4.78, 5) is 33.6. The second-order valence-electron chi connectivity index (χ2n) is 10.6. The van der Waals surface area contributed by atoms with Crippen LogP contribution in [0.1, 0.15) is 71.6 Å². The molecule has 0 aromatic carbocycles. The standard InChI is InChI=1S/C26H43FN4O3/c1-4-26(12-17-28(3)21-10-15-30(16-11-21)25(33)34-5-2)19-31(24(32)29-13-6-7-14-29)23-9-8-20(27)18-22(23)26/h20-21H,4-19H2,1-3H3. The van der Waals surface area contributed by atoms with Crippen LogP contribution in [0.15, 0.2) is 11.3 Å². The fourth-order valence-electron chi connectivity index (χ4n) is 6.47. The number of alkyl halides is 1. The fourth-order valence-corrected chi connectivity index (χ4v) is 6.47. The maximum Gasteiger partial charge on any atom is 0.409 e. The molecule has 4 rings (SSSR count). The average molecular weight is 479 g/mol. The molecule has 1 aliphatic carbocycles. The molecule has 0 radical (unpaired) electrons. The molecule has 0 bridgehead atoms. The summed E-state index contributed by atoms with van der Waals surface area (Å²) in [6, 6.07) is 0.564. The molecule has 3 amide bonds. The van der Waals surface area contributed by atoms with Gasteiger partial charge in [0.05, 0.1) is 6.61 Å². The summed E-state index contributed by atoms with van der Waals surface area (Å²) in [6.45, 7) is 9.20. The van der Waals surface area contributed by atoms with Crippen molar-refractivity contribution in [3.05, 3.63) is 11.3 Å². The van der Waals surface area contributed by atoms with Gasteiger partial charge in [0, 0.05) is 56.3 Å². The average Bonchev–Trinajstić information content (AvgIpc) is 3.49. The van der Waals surface area contributed by atoms with Crippen molar-refractivity contribution < 1.29 is 18.7 Å².